The molecule has 1 fully saturated rings. The predicted molar refractivity (Wildman–Crippen MR) is 61.3 cm³/mol. The highest BCUT2D eigenvalue weighted by Gasteiger charge is 2.27. The van der Waals surface area contributed by atoms with Gasteiger partial charge < -0.3 is 20.5 Å². The fraction of sp³-hybridized carbons (Fsp3) is 0.727. The van der Waals surface area contributed by atoms with Crippen LogP contribution in [0.25, 0.3) is 0 Å². The van der Waals surface area contributed by atoms with Crippen molar-refractivity contribution in [2.45, 2.75) is 25.3 Å². The largest absolute Gasteiger partial charge is 0.469 e. The zero-order chi connectivity index (χ0) is 13.5. The number of ether oxygens (including phenoxy) is 2. The first-order valence-electron chi connectivity index (χ1n) is 5.79. The maximum absolute atomic E-state index is 11.8. The van der Waals surface area contributed by atoms with Gasteiger partial charge in [-0.3, -0.25) is 14.4 Å². The van der Waals surface area contributed by atoms with E-state index in [4.69, 9.17) is 10.5 Å². The van der Waals surface area contributed by atoms with E-state index in [9.17, 15) is 14.4 Å². The molecule has 18 heavy (non-hydrogen) atoms. The lowest BCUT2D eigenvalue weighted by Crippen LogP contribution is -2.47. The quantitative estimate of drug-likeness (QED) is 0.591. The minimum atomic E-state index is -0.850. The van der Waals surface area contributed by atoms with E-state index in [1.54, 1.807) is 0 Å². The van der Waals surface area contributed by atoms with Crippen LogP contribution in [0.5, 0.6) is 0 Å². The molecule has 0 spiro atoms. The lowest BCUT2D eigenvalue weighted by atomic mass is 10.1. The Bertz CT molecular complexity index is 325. The molecule has 3 N–H and O–H groups in total. The molecular formula is C11H18N2O5. The molecule has 7 heteroatoms. The van der Waals surface area contributed by atoms with Gasteiger partial charge in [-0.05, 0) is 12.8 Å². The van der Waals surface area contributed by atoms with E-state index in [0.717, 1.165) is 0 Å². The molecule has 0 saturated carbocycles. The van der Waals surface area contributed by atoms with Crippen LogP contribution in [0.2, 0.25) is 0 Å². The maximum atomic E-state index is 11.8. The molecule has 0 aromatic heterocycles. The van der Waals surface area contributed by atoms with E-state index in [2.05, 4.69) is 10.1 Å². The summed E-state index contributed by atoms with van der Waals surface area (Å²) in [5, 5.41) is 2.54. The number of rotatable bonds is 6. The Hall–Kier alpha value is -1.63. The minimum Gasteiger partial charge on any atom is -0.469 e. The summed E-state index contributed by atoms with van der Waals surface area (Å²) in [6, 6.07) is -0.850. The van der Waals surface area contributed by atoms with Crippen molar-refractivity contribution in [1.29, 1.82) is 0 Å². The van der Waals surface area contributed by atoms with E-state index in [1.807, 2.05) is 0 Å². The summed E-state index contributed by atoms with van der Waals surface area (Å²) in [7, 11) is 1.26. The second kappa shape index (κ2) is 6.95. The van der Waals surface area contributed by atoms with E-state index >= 15 is 0 Å². The topological polar surface area (TPSA) is 108 Å². The summed E-state index contributed by atoms with van der Waals surface area (Å²) in [5.41, 5.74) is 5.17. The lowest BCUT2D eigenvalue weighted by Gasteiger charge is -2.17. The summed E-state index contributed by atoms with van der Waals surface area (Å²) in [5.74, 6) is -1.61. The normalized spacial score (nSPS) is 20.2. The number of nitrogens with one attached hydrogen (secondary N) is 1. The first kappa shape index (κ1) is 14.4. The van der Waals surface area contributed by atoms with Crippen LogP contribution in [-0.4, -0.2) is 44.1 Å². The number of nitrogens with two attached hydrogens (primary N) is 1. The van der Waals surface area contributed by atoms with Crippen LogP contribution in [0.4, 0.5) is 0 Å². The van der Waals surface area contributed by atoms with E-state index in [0.29, 0.717) is 19.6 Å². The molecule has 0 aliphatic carbocycles. The Morgan fingerprint density at radius 2 is 2.22 bits per heavy atom. The fourth-order valence-corrected chi connectivity index (χ4v) is 1.68. The number of carbonyl (C=O) groups excluding carboxylic acids is 3. The predicted octanol–water partition coefficient (Wildman–Crippen LogP) is -1.05. The average Bonchev–Trinajstić information content (AvgIpc) is 2.87. The van der Waals surface area contributed by atoms with E-state index in [1.165, 1.54) is 7.11 Å². The molecule has 0 radical (unpaired) electrons. The molecule has 2 atom stereocenters. The van der Waals surface area contributed by atoms with Crippen molar-refractivity contribution in [3.05, 3.63) is 0 Å². The summed E-state index contributed by atoms with van der Waals surface area (Å²) < 4.78 is 9.55. The number of carbonyl (C=O) groups is 3. The summed E-state index contributed by atoms with van der Waals surface area (Å²) in [6.45, 7) is 0.899. The molecule has 0 bridgehead atoms. The highest BCUT2D eigenvalue weighted by molar-refractivity contribution is 5.88. The van der Waals surface area contributed by atoms with Gasteiger partial charge in [0.1, 0.15) is 6.04 Å². The molecule has 0 aromatic rings. The highest BCUT2D eigenvalue weighted by atomic mass is 16.5. The molecule has 102 valence electrons. The van der Waals surface area contributed by atoms with Gasteiger partial charge in [0.15, 0.2) is 0 Å². The lowest BCUT2D eigenvalue weighted by molar-refractivity contribution is -0.141. The molecule has 1 aliphatic rings. The molecule has 1 saturated heterocycles. The van der Waals surface area contributed by atoms with Crippen molar-refractivity contribution in [1.82, 2.24) is 5.32 Å². The van der Waals surface area contributed by atoms with Crippen LogP contribution in [0, 0.1) is 5.92 Å². The Morgan fingerprint density at radius 3 is 2.72 bits per heavy atom. The van der Waals surface area contributed by atoms with E-state index < -0.39 is 17.9 Å². The third-order valence-corrected chi connectivity index (χ3v) is 2.83. The summed E-state index contributed by atoms with van der Waals surface area (Å²) in [6.07, 6.45) is 0.807. The van der Waals surface area contributed by atoms with Crippen molar-refractivity contribution in [2.24, 2.45) is 11.7 Å². The zero-order valence-electron chi connectivity index (χ0n) is 10.3. The molecule has 7 nitrogen and oxygen atoms in total. The van der Waals surface area contributed by atoms with Gasteiger partial charge in [0.05, 0.1) is 19.6 Å². The van der Waals surface area contributed by atoms with Crippen LogP contribution in [-0.2, 0) is 23.9 Å². The molecule has 0 unspecified atom stereocenters. The van der Waals surface area contributed by atoms with Crippen LogP contribution >= 0.6 is 0 Å². The van der Waals surface area contributed by atoms with Gasteiger partial charge >= 0.3 is 5.97 Å². The number of hydrogen-bond donors (Lipinski definition) is 2. The van der Waals surface area contributed by atoms with Gasteiger partial charge in [0.25, 0.3) is 0 Å². The zero-order valence-corrected chi connectivity index (χ0v) is 10.3. The average molecular weight is 258 g/mol. The Balaban J connectivity index is 2.44. The standard InChI is InChI=1S/C11H18N2O5/c1-17-9(14)3-2-8(10(12)15)13-11(16)7-4-5-18-6-7/h7-8H,2-6H2,1H3,(H2,12,15)(H,13,16)/t7-,8+/m0/s1. The molecule has 1 heterocycles. The fourth-order valence-electron chi connectivity index (χ4n) is 1.68. The first-order valence-corrected chi connectivity index (χ1v) is 5.79. The van der Waals surface area contributed by atoms with Gasteiger partial charge in [-0.1, -0.05) is 0 Å². The highest BCUT2D eigenvalue weighted by Crippen LogP contribution is 2.12. The Kier molecular flexibility index (Phi) is 5.57. The van der Waals surface area contributed by atoms with Gasteiger partial charge in [0.2, 0.25) is 11.8 Å². The van der Waals surface area contributed by atoms with Gasteiger partial charge in [-0.25, -0.2) is 0 Å². The second-order valence-corrected chi connectivity index (χ2v) is 4.14. The Morgan fingerprint density at radius 1 is 1.50 bits per heavy atom. The monoisotopic (exact) mass is 258 g/mol. The molecule has 2 amide bonds. The van der Waals surface area contributed by atoms with Gasteiger partial charge in [-0.15, -0.1) is 0 Å². The summed E-state index contributed by atoms with van der Waals surface area (Å²) in [4.78, 5) is 33.9. The van der Waals surface area contributed by atoms with E-state index in [-0.39, 0.29) is 24.7 Å². The minimum absolute atomic E-state index is 0.0333. The third kappa shape index (κ3) is 4.33. The van der Waals surface area contributed by atoms with Crippen LogP contribution in [0.15, 0.2) is 0 Å². The van der Waals surface area contributed by atoms with Crippen molar-refractivity contribution >= 4 is 17.8 Å². The van der Waals surface area contributed by atoms with Crippen molar-refractivity contribution < 1.29 is 23.9 Å². The van der Waals surface area contributed by atoms with Crippen LogP contribution in [0.3, 0.4) is 0 Å². The third-order valence-electron chi connectivity index (χ3n) is 2.83. The molecule has 1 rings (SSSR count). The SMILES string of the molecule is COC(=O)CC[C@@H](NC(=O)[C@H]1CCOC1)C(N)=O. The number of hydrogen-bond acceptors (Lipinski definition) is 5. The number of esters is 1. The van der Waals surface area contributed by atoms with Crippen LogP contribution < -0.4 is 11.1 Å². The van der Waals surface area contributed by atoms with Crippen molar-refractivity contribution in [3.8, 4) is 0 Å². The van der Waals surface area contributed by atoms with Crippen molar-refractivity contribution in [2.75, 3.05) is 20.3 Å². The molecule has 0 aromatic carbocycles. The number of methoxy groups -OCH3 is 1. The molecule has 1 aliphatic heterocycles. The number of primary amides is 1. The number of amides is 2. The molecular weight excluding hydrogens is 240 g/mol. The summed E-state index contributed by atoms with van der Waals surface area (Å²) >= 11 is 0. The van der Waals surface area contributed by atoms with Crippen LogP contribution in [0.1, 0.15) is 19.3 Å². The van der Waals surface area contributed by atoms with Gasteiger partial charge in [0, 0.05) is 13.0 Å². The van der Waals surface area contributed by atoms with Gasteiger partial charge in [-0.2, -0.15) is 0 Å². The second-order valence-electron chi connectivity index (χ2n) is 4.14. The maximum Gasteiger partial charge on any atom is 0.305 e. The Labute approximate surface area is 105 Å². The smallest absolute Gasteiger partial charge is 0.305 e. The first-order chi connectivity index (χ1) is 8.54. The van der Waals surface area contributed by atoms with Crippen molar-refractivity contribution in [3.63, 3.8) is 0 Å².